The number of carbonyl (C=O) groups is 1. The molecule has 0 aromatic heterocycles. The van der Waals surface area contributed by atoms with Crippen LogP contribution in [0.1, 0.15) is 116 Å². The maximum atomic E-state index is 11.8. The lowest BCUT2D eigenvalue weighted by Gasteiger charge is -2.07. The average Bonchev–Trinajstić information content (AvgIpc) is 3.00. The van der Waals surface area contributed by atoms with Crippen LogP contribution in [0.5, 0.6) is 0 Å². The third kappa shape index (κ3) is 11.0. The third-order valence-corrected chi connectivity index (χ3v) is 5.12. The van der Waals surface area contributed by atoms with Crippen LogP contribution in [0.2, 0.25) is 0 Å². The van der Waals surface area contributed by atoms with E-state index in [0.29, 0.717) is 5.78 Å². The molecule has 0 aromatic rings. The first-order valence-corrected chi connectivity index (χ1v) is 9.84. The molecule has 1 aliphatic rings. The van der Waals surface area contributed by atoms with Crippen molar-refractivity contribution in [1.29, 1.82) is 0 Å². The molecule has 1 heteroatoms. The molecule has 124 valence electrons. The number of Topliss-reactive ketones (excluding diaryl/α,β-unsaturated/α-hetero) is 1. The Morgan fingerprint density at radius 2 is 1.29 bits per heavy atom. The van der Waals surface area contributed by atoms with Crippen molar-refractivity contribution in [2.24, 2.45) is 5.92 Å². The van der Waals surface area contributed by atoms with Crippen molar-refractivity contribution >= 4 is 5.78 Å². The van der Waals surface area contributed by atoms with Crippen molar-refractivity contribution in [3.63, 3.8) is 0 Å². The lowest BCUT2D eigenvalue weighted by Crippen LogP contribution is -2.02. The van der Waals surface area contributed by atoms with E-state index in [2.05, 4.69) is 6.92 Å². The fourth-order valence-corrected chi connectivity index (χ4v) is 3.60. The minimum Gasteiger partial charge on any atom is -0.300 e. The van der Waals surface area contributed by atoms with Crippen LogP contribution in [0, 0.1) is 5.92 Å². The van der Waals surface area contributed by atoms with Crippen molar-refractivity contribution in [2.45, 2.75) is 116 Å². The molecular formula is C20H38O. The second kappa shape index (κ2) is 13.3. The summed E-state index contributed by atoms with van der Waals surface area (Å²) >= 11 is 0. The number of carbonyl (C=O) groups excluding carboxylic acids is 1. The van der Waals surface area contributed by atoms with Crippen LogP contribution in [0.4, 0.5) is 0 Å². The van der Waals surface area contributed by atoms with Gasteiger partial charge in [0, 0.05) is 12.8 Å². The van der Waals surface area contributed by atoms with Crippen LogP contribution in [-0.4, -0.2) is 5.78 Å². The van der Waals surface area contributed by atoms with E-state index >= 15 is 0 Å². The summed E-state index contributed by atoms with van der Waals surface area (Å²) < 4.78 is 0. The second-order valence-corrected chi connectivity index (χ2v) is 7.16. The highest BCUT2D eigenvalue weighted by molar-refractivity contribution is 5.78. The molecular weight excluding hydrogens is 256 g/mol. The van der Waals surface area contributed by atoms with Gasteiger partial charge < -0.3 is 0 Å². The highest BCUT2D eigenvalue weighted by Crippen LogP contribution is 2.28. The smallest absolute Gasteiger partial charge is 0.132 e. The summed E-state index contributed by atoms with van der Waals surface area (Å²) in [7, 11) is 0. The quantitative estimate of drug-likeness (QED) is 0.321. The number of hydrogen-bond acceptors (Lipinski definition) is 1. The summed E-state index contributed by atoms with van der Waals surface area (Å²) in [6, 6.07) is 0. The molecule has 1 nitrogen and oxygen atoms in total. The molecule has 1 aliphatic carbocycles. The van der Waals surface area contributed by atoms with E-state index in [-0.39, 0.29) is 0 Å². The fourth-order valence-electron chi connectivity index (χ4n) is 3.60. The van der Waals surface area contributed by atoms with E-state index in [1.807, 2.05) is 0 Å². The van der Waals surface area contributed by atoms with Gasteiger partial charge in [-0.2, -0.15) is 0 Å². The molecule has 0 radical (unpaired) electrons. The maximum Gasteiger partial charge on any atom is 0.132 e. The van der Waals surface area contributed by atoms with E-state index in [4.69, 9.17) is 0 Å². The molecule has 1 rings (SSSR count). The summed E-state index contributed by atoms with van der Waals surface area (Å²) in [6.45, 7) is 2.27. The Bertz CT molecular complexity index is 240. The predicted octanol–water partition coefficient (Wildman–Crippen LogP) is 6.84. The molecule has 0 heterocycles. The Labute approximate surface area is 133 Å². The second-order valence-electron chi connectivity index (χ2n) is 7.16. The van der Waals surface area contributed by atoms with Crippen molar-refractivity contribution in [1.82, 2.24) is 0 Å². The van der Waals surface area contributed by atoms with Crippen LogP contribution < -0.4 is 0 Å². The van der Waals surface area contributed by atoms with Crippen molar-refractivity contribution in [2.75, 3.05) is 0 Å². The van der Waals surface area contributed by atoms with E-state index in [1.165, 1.54) is 89.9 Å². The number of rotatable bonds is 14. The number of ketones is 1. The summed E-state index contributed by atoms with van der Waals surface area (Å²) in [5.74, 6) is 1.41. The highest BCUT2D eigenvalue weighted by atomic mass is 16.1. The normalized spacial score (nSPS) is 15.7. The Hall–Kier alpha value is -0.330. The Kier molecular flexibility index (Phi) is 11.9. The van der Waals surface area contributed by atoms with E-state index in [1.54, 1.807) is 0 Å². The minimum atomic E-state index is 0.529. The van der Waals surface area contributed by atoms with Crippen molar-refractivity contribution in [3.05, 3.63) is 0 Å². The number of hydrogen-bond donors (Lipinski definition) is 0. The van der Waals surface area contributed by atoms with Crippen LogP contribution in [0.15, 0.2) is 0 Å². The zero-order chi connectivity index (χ0) is 15.2. The fraction of sp³-hybridized carbons (Fsp3) is 0.950. The molecule has 0 bridgehead atoms. The van der Waals surface area contributed by atoms with Gasteiger partial charge in [-0.25, -0.2) is 0 Å². The lowest BCUT2D eigenvalue weighted by molar-refractivity contribution is -0.119. The molecule has 0 N–H and O–H groups in total. The Morgan fingerprint density at radius 3 is 1.86 bits per heavy atom. The molecule has 0 atom stereocenters. The number of unbranched alkanes of at least 4 members (excludes halogenated alkanes) is 9. The molecule has 0 spiro atoms. The molecule has 21 heavy (non-hydrogen) atoms. The monoisotopic (exact) mass is 294 g/mol. The van der Waals surface area contributed by atoms with Gasteiger partial charge in [0.15, 0.2) is 0 Å². The SMILES string of the molecule is CCCCCCCCCCCCC(=O)CCC1CCCC1. The van der Waals surface area contributed by atoms with Crippen LogP contribution >= 0.6 is 0 Å². The van der Waals surface area contributed by atoms with Gasteiger partial charge in [0.25, 0.3) is 0 Å². The summed E-state index contributed by atoms with van der Waals surface area (Å²) in [4.78, 5) is 11.8. The lowest BCUT2D eigenvalue weighted by atomic mass is 9.98. The summed E-state index contributed by atoms with van der Waals surface area (Å²) in [5, 5.41) is 0. The van der Waals surface area contributed by atoms with Gasteiger partial charge in [-0.3, -0.25) is 4.79 Å². The highest BCUT2D eigenvalue weighted by Gasteiger charge is 2.15. The van der Waals surface area contributed by atoms with Gasteiger partial charge in [0.05, 0.1) is 0 Å². The topological polar surface area (TPSA) is 17.1 Å². The minimum absolute atomic E-state index is 0.529. The van der Waals surface area contributed by atoms with E-state index in [0.717, 1.165) is 25.2 Å². The van der Waals surface area contributed by atoms with Gasteiger partial charge in [0.1, 0.15) is 5.78 Å². The average molecular weight is 295 g/mol. The summed E-state index contributed by atoms with van der Waals surface area (Å²) in [5.41, 5.74) is 0. The Morgan fingerprint density at radius 1 is 0.762 bits per heavy atom. The standard InChI is InChI=1S/C20H38O/c1-2-3-4-5-6-7-8-9-10-11-16-20(21)18-17-19-14-12-13-15-19/h19H,2-18H2,1H3. The van der Waals surface area contributed by atoms with Gasteiger partial charge in [-0.15, -0.1) is 0 Å². The maximum absolute atomic E-state index is 11.8. The van der Waals surface area contributed by atoms with Gasteiger partial charge >= 0.3 is 0 Å². The molecule has 1 saturated carbocycles. The van der Waals surface area contributed by atoms with Crippen LogP contribution in [-0.2, 0) is 4.79 Å². The van der Waals surface area contributed by atoms with Crippen LogP contribution in [0.25, 0.3) is 0 Å². The summed E-state index contributed by atoms with van der Waals surface area (Å²) in [6.07, 6.45) is 22.0. The largest absolute Gasteiger partial charge is 0.300 e. The first-order valence-electron chi connectivity index (χ1n) is 9.84. The molecule has 1 fully saturated rings. The Balaban J connectivity index is 1.77. The molecule has 0 saturated heterocycles. The van der Waals surface area contributed by atoms with Crippen LogP contribution in [0.3, 0.4) is 0 Å². The predicted molar refractivity (Wildman–Crippen MR) is 92.7 cm³/mol. The third-order valence-electron chi connectivity index (χ3n) is 5.12. The van der Waals surface area contributed by atoms with Gasteiger partial charge in [-0.1, -0.05) is 90.4 Å². The van der Waals surface area contributed by atoms with Gasteiger partial charge in [-0.05, 0) is 18.8 Å². The first-order chi connectivity index (χ1) is 10.3. The van der Waals surface area contributed by atoms with Gasteiger partial charge in [0.2, 0.25) is 0 Å². The molecule has 0 aliphatic heterocycles. The first kappa shape index (κ1) is 18.7. The van der Waals surface area contributed by atoms with E-state index < -0.39 is 0 Å². The zero-order valence-electron chi connectivity index (χ0n) is 14.5. The molecule has 0 aromatic carbocycles. The van der Waals surface area contributed by atoms with E-state index in [9.17, 15) is 4.79 Å². The van der Waals surface area contributed by atoms with Crippen molar-refractivity contribution in [3.8, 4) is 0 Å². The zero-order valence-corrected chi connectivity index (χ0v) is 14.5. The molecule has 0 amide bonds. The molecule has 0 unspecified atom stereocenters. The van der Waals surface area contributed by atoms with Crippen molar-refractivity contribution < 1.29 is 4.79 Å².